The maximum Gasteiger partial charge on any atom is 0.242 e. The van der Waals surface area contributed by atoms with Crippen LogP contribution in [-0.4, -0.2) is 44.1 Å². The van der Waals surface area contributed by atoms with E-state index in [0.29, 0.717) is 11.4 Å². The van der Waals surface area contributed by atoms with Crippen LogP contribution >= 0.6 is 0 Å². The average molecular weight is 340 g/mol. The number of rotatable bonds is 6. The van der Waals surface area contributed by atoms with E-state index in [-0.39, 0.29) is 6.04 Å². The van der Waals surface area contributed by atoms with E-state index in [1.54, 1.807) is 12.1 Å². The van der Waals surface area contributed by atoms with Gasteiger partial charge >= 0.3 is 0 Å². The van der Waals surface area contributed by atoms with Crippen LogP contribution in [0.2, 0.25) is 0 Å². The smallest absolute Gasteiger partial charge is 0.242 e. The van der Waals surface area contributed by atoms with Gasteiger partial charge in [0.25, 0.3) is 0 Å². The number of nitrogens with zero attached hydrogens (tertiary/aromatic N) is 1. The van der Waals surface area contributed by atoms with Crippen LogP contribution in [0.5, 0.6) is 0 Å². The number of aliphatic hydroxyl groups is 1. The van der Waals surface area contributed by atoms with Crippen molar-refractivity contribution in [1.29, 1.82) is 0 Å². The molecule has 1 aromatic rings. The number of sulfonamides is 1. The van der Waals surface area contributed by atoms with Gasteiger partial charge in [0, 0.05) is 26.7 Å². The third-order valence-corrected chi connectivity index (χ3v) is 6.51. The van der Waals surface area contributed by atoms with E-state index >= 15 is 0 Å². The van der Waals surface area contributed by atoms with E-state index in [4.69, 9.17) is 0 Å². The van der Waals surface area contributed by atoms with Crippen molar-refractivity contribution >= 4 is 10.0 Å². The van der Waals surface area contributed by atoms with E-state index < -0.39 is 15.6 Å². The minimum absolute atomic E-state index is 0.0667. The first-order valence-corrected chi connectivity index (χ1v) is 9.67. The summed E-state index contributed by atoms with van der Waals surface area (Å²) in [4.78, 5) is 0.296. The summed E-state index contributed by atoms with van der Waals surface area (Å²) in [7, 11) is -0.333. The van der Waals surface area contributed by atoms with Crippen LogP contribution in [0.15, 0.2) is 29.2 Å². The van der Waals surface area contributed by atoms with E-state index in [1.165, 1.54) is 24.8 Å². The van der Waals surface area contributed by atoms with Crippen LogP contribution in [0.3, 0.4) is 0 Å². The zero-order valence-electron chi connectivity index (χ0n) is 14.2. The summed E-state index contributed by atoms with van der Waals surface area (Å²) in [6.45, 7) is 2.60. The number of hydrogen-bond donors (Lipinski definition) is 2. The molecule has 130 valence electrons. The molecule has 1 aliphatic carbocycles. The Morgan fingerprint density at radius 2 is 1.74 bits per heavy atom. The standard InChI is InChI=1S/C17H28N2O3S/c1-14(18-13-17(20)11-5-4-6-12-17)15-7-9-16(10-8-15)23(21,22)19(2)3/h7-10,14,18,20H,4-6,11-13H2,1-3H3. The van der Waals surface area contributed by atoms with Gasteiger partial charge in [0.05, 0.1) is 10.5 Å². The van der Waals surface area contributed by atoms with Crippen molar-refractivity contribution in [3.8, 4) is 0 Å². The first kappa shape index (κ1) is 18.4. The quantitative estimate of drug-likeness (QED) is 0.833. The summed E-state index contributed by atoms with van der Waals surface area (Å²) in [6, 6.07) is 7.01. The molecule has 0 aromatic heterocycles. The highest BCUT2D eigenvalue weighted by Crippen LogP contribution is 2.28. The van der Waals surface area contributed by atoms with E-state index in [9.17, 15) is 13.5 Å². The lowest BCUT2D eigenvalue weighted by Crippen LogP contribution is -2.42. The Balaban J connectivity index is 1.99. The summed E-state index contributed by atoms with van der Waals surface area (Å²) in [5, 5.41) is 13.9. The molecule has 6 heteroatoms. The maximum atomic E-state index is 12.1. The van der Waals surface area contributed by atoms with E-state index in [1.807, 2.05) is 19.1 Å². The lowest BCUT2D eigenvalue weighted by molar-refractivity contribution is 0.00300. The Morgan fingerprint density at radius 1 is 1.17 bits per heavy atom. The average Bonchev–Trinajstić information content (AvgIpc) is 2.53. The molecule has 0 heterocycles. The zero-order chi connectivity index (χ0) is 17.1. The second-order valence-electron chi connectivity index (χ2n) is 6.74. The molecule has 0 saturated heterocycles. The fourth-order valence-corrected chi connectivity index (χ4v) is 3.89. The molecule has 1 atom stereocenters. The molecule has 1 fully saturated rings. The molecule has 2 N–H and O–H groups in total. The minimum Gasteiger partial charge on any atom is -0.389 e. The molecule has 1 saturated carbocycles. The predicted molar refractivity (Wildman–Crippen MR) is 91.8 cm³/mol. The first-order chi connectivity index (χ1) is 10.7. The van der Waals surface area contributed by atoms with Crippen LogP contribution in [0, 0.1) is 0 Å². The molecule has 0 spiro atoms. The zero-order valence-corrected chi connectivity index (χ0v) is 15.1. The Morgan fingerprint density at radius 3 is 2.26 bits per heavy atom. The van der Waals surface area contributed by atoms with Gasteiger partial charge in [0.15, 0.2) is 0 Å². The summed E-state index contributed by atoms with van der Waals surface area (Å²) < 4.78 is 25.3. The van der Waals surface area contributed by atoms with Gasteiger partial charge in [-0.2, -0.15) is 0 Å². The molecule has 0 radical (unpaired) electrons. The monoisotopic (exact) mass is 340 g/mol. The Kier molecular flexibility index (Phi) is 5.84. The third kappa shape index (κ3) is 4.53. The molecule has 1 aromatic carbocycles. The highest BCUT2D eigenvalue weighted by Gasteiger charge is 2.29. The van der Waals surface area contributed by atoms with E-state index in [0.717, 1.165) is 31.2 Å². The van der Waals surface area contributed by atoms with Crippen LogP contribution in [0.4, 0.5) is 0 Å². The van der Waals surface area contributed by atoms with Crippen molar-refractivity contribution in [1.82, 2.24) is 9.62 Å². The van der Waals surface area contributed by atoms with Crippen molar-refractivity contribution in [2.24, 2.45) is 0 Å². The Labute approximate surface area is 139 Å². The fraction of sp³-hybridized carbons (Fsp3) is 0.647. The lowest BCUT2D eigenvalue weighted by atomic mass is 9.84. The summed E-state index contributed by atoms with van der Waals surface area (Å²) in [5.74, 6) is 0. The van der Waals surface area contributed by atoms with Crippen LogP contribution < -0.4 is 5.32 Å². The number of hydrogen-bond acceptors (Lipinski definition) is 4. The summed E-state index contributed by atoms with van der Waals surface area (Å²) in [6.07, 6.45) is 5.09. The molecule has 1 aliphatic rings. The topological polar surface area (TPSA) is 69.6 Å². The van der Waals surface area contributed by atoms with Gasteiger partial charge in [-0.25, -0.2) is 12.7 Å². The van der Waals surface area contributed by atoms with Gasteiger partial charge in [-0.15, -0.1) is 0 Å². The van der Waals surface area contributed by atoms with E-state index in [2.05, 4.69) is 5.32 Å². The second kappa shape index (κ2) is 7.30. The largest absolute Gasteiger partial charge is 0.389 e. The minimum atomic E-state index is -3.39. The molecule has 23 heavy (non-hydrogen) atoms. The Hall–Kier alpha value is -0.950. The molecule has 5 nitrogen and oxygen atoms in total. The van der Waals surface area contributed by atoms with Gasteiger partial charge < -0.3 is 10.4 Å². The van der Waals surface area contributed by atoms with Gasteiger partial charge in [0.1, 0.15) is 0 Å². The van der Waals surface area contributed by atoms with Gasteiger partial charge in [0.2, 0.25) is 10.0 Å². The molecular weight excluding hydrogens is 312 g/mol. The molecule has 2 rings (SSSR count). The lowest BCUT2D eigenvalue weighted by Gasteiger charge is -2.33. The van der Waals surface area contributed by atoms with Gasteiger partial charge in [-0.3, -0.25) is 0 Å². The SMILES string of the molecule is CC(NCC1(O)CCCCC1)c1ccc(S(=O)(=O)N(C)C)cc1. The predicted octanol–water partition coefficient (Wildman–Crippen LogP) is 2.28. The molecule has 0 bridgehead atoms. The van der Waals surface area contributed by atoms with Crippen molar-refractivity contribution in [2.75, 3.05) is 20.6 Å². The van der Waals surface area contributed by atoms with Crippen molar-refractivity contribution in [2.45, 2.75) is 55.6 Å². The van der Waals surface area contributed by atoms with Crippen molar-refractivity contribution in [3.63, 3.8) is 0 Å². The normalized spacial score (nSPS) is 19.7. The number of nitrogens with one attached hydrogen (secondary N) is 1. The third-order valence-electron chi connectivity index (χ3n) is 4.68. The Bertz CT molecular complexity index is 605. The molecule has 0 aliphatic heterocycles. The highest BCUT2D eigenvalue weighted by atomic mass is 32.2. The maximum absolute atomic E-state index is 12.1. The molecular formula is C17H28N2O3S. The van der Waals surface area contributed by atoms with Gasteiger partial charge in [-0.1, -0.05) is 31.4 Å². The molecule has 1 unspecified atom stereocenters. The van der Waals surface area contributed by atoms with Crippen molar-refractivity contribution < 1.29 is 13.5 Å². The highest BCUT2D eigenvalue weighted by molar-refractivity contribution is 7.89. The first-order valence-electron chi connectivity index (χ1n) is 8.23. The van der Waals surface area contributed by atoms with Gasteiger partial charge in [-0.05, 0) is 37.5 Å². The second-order valence-corrected chi connectivity index (χ2v) is 8.90. The summed E-state index contributed by atoms with van der Waals surface area (Å²) in [5.41, 5.74) is 0.419. The summed E-state index contributed by atoms with van der Waals surface area (Å²) >= 11 is 0. The molecule has 0 amide bonds. The fourth-order valence-electron chi connectivity index (χ4n) is 2.99. The van der Waals surface area contributed by atoms with Crippen LogP contribution in [0.25, 0.3) is 0 Å². The van der Waals surface area contributed by atoms with Crippen LogP contribution in [0.1, 0.15) is 50.6 Å². The van der Waals surface area contributed by atoms with Crippen LogP contribution in [-0.2, 0) is 10.0 Å². The number of benzene rings is 1. The van der Waals surface area contributed by atoms with Crippen molar-refractivity contribution in [3.05, 3.63) is 29.8 Å².